The van der Waals surface area contributed by atoms with Gasteiger partial charge in [-0.2, -0.15) is 0 Å². The largest absolute Gasteiger partial charge is 0.508 e. The van der Waals surface area contributed by atoms with Crippen LogP contribution in [-0.4, -0.2) is 33.7 Å². The van der Waals surface area contributed by atoms with Crippen LogP contribution in [0.15, 0.2) is 47.4 Å². The van der Waals surface area contributed by atoms with Gasteiger partial charge < -0.3 is 14.6 Å². The van der Waals surface area contributed by atoms with Gasteiger partial charge in [0.1, 0.15) is 5.75 Å². The summed E-state index contributed by atoms with van der Waals surface area (Å²) in [6.07, 6.45) is 0. The SMILES string of the molecule is COc1ccc(S(=O)(=O)NNC(=O)c2cccc(O)c2)cc1OC. The van der Waals surface area contributed by atoms with Crippen molar-refractivity contribution < 1.29 is 27.8 Å². The lowest BCUT2D eigenvalue weighted by Gasteiger charge is -2.11. The van der Waals surface area contributed by atoms with E-state index in [0.717, 1.165) is 0 Å². The highest BCUT2D eigenvalue weighted by atomic mass is 32.2. The van der Waals surface area contributed by atoms with Crippen LogP contribution in [0, 0.1) is 0 Å². The molecule has 3 N–H and O–H groups in total. The van der Waals surface area contributed by atoms with Crippen molar-refractivity contribution in [3.05, 3.63) is 48.0 Å². The molecule has 2 aromatic carbocycles. The fourth-order valence-corrected chi connectivity index (χ4v) is 2.73. The number of carbonyl (C=O) groups excluding carboxylic acids is 1. The van der Waals surface area contributed by atoms with Gasteiger partial charge in [-0.25, -0.2) is 8.42 Å². The van der Waals surface area contributed by atoms with Crippen molar-refractivity contribution in [2.75, 3.05) is 14.2 Å². The molecule has 0 atom stereocenters. The number of phenolic OH excluding ortho intramolecular Hbond substituents is 1. The molecular weight excluding hydrogens is 336 g/mol. The van der Waals surface area contributed by atoms with E-state index in [0.29, 0.717) is 5.75 Å². The molecule has 0 fully saturated rings. The first-order valence-corrected chi connectivity index (χ1v) is 8.19. The van der Waals surface area contributed by atoms with Gasteiger partial charge in [0, 0.05) is 11.6 Å². The Morgan fingerprint density at radius 2 is 1.75 bits per heavy atom. The Morgan fingerprint density at radius 1 is 1.04 bits per heavy atom. The fourth-order valence-electron chi connectivity index (χ4n) is 1.88. The van der Waals surface area contributed by atoms with Crippen LogP contribution in [0.2, 0.25) is 0 Å². The van der Waals surface area contributed by atoms with E-state index in [1.165, 1.54) is 56.7 Å². The molecule has 0 heterocycles. The number of ether oxygens (including phenoxy) is 2. The maximum Gasteiger partial charge on any atom is 0.266 e. The van der Waals surface area contributed by atoms with Crippen molar-refractivity contribution in [2.45, 2.75) is 4.90 Å². The van der Waals surface area contributed by atoms with E-state index < -0.39 is 15.9 Å². The number of hydrogen-bond donors (Lipinski definition) is 3. The number of sulfonamides is 1. The predicted molar refractivity (Wildman–Crippen MR) is 85.4 cm³/mol. The van der Waals surface area contributed by atoms with Gasteiger partial charge in [0.2, 0.25) is 0 Å². The van der Waals surface area contributed by atoms with E-state index in [2.05, 4.69) is 5.43 Å². The fraction of sp³-hybridized carbons (Fsp3) is 0.133. The van der Waals surface area contributed by atoms with Crippen molar-refractivity contribution in [3.8, 4) is 17.2 Å². The van der Waals surface area contributed by atoms with Gasteiger partial charge in [0.05, 0.1) is 19.1 Å². The van der Waals surface area contributed by atoms with Gasteiger partial charge in [0.15, 0.2) is 11.5 Å². The van der Waals surface area contributed by atoms with E-state index in [1.807, 2.05) is 4.83 Å². The minimum atomic E-state index is -4.01. The van der Waals surface area contributed by atoms with E-state index >= 15 is 0 Å². The standard InChI is InChI=1S/C15H16N2O6S/c1-22-13-7-6-12(9-14(13)23-2)24(20,21)17-16-15(19)10-4-3-5-11(18)8-10/h3-9,17-18H,1-2H3,(H,16,19). The van der Waals surface area contributed by atoms with Crippen LogP contribution in [0.3, 0.4) is 0 Å². The number of methoxy groups -OCH3 is 2. The molecule has 24 heavy (non-hydrogen) atoms. The van der Waals surface area contributed by atoms with Gasteiger partial charge in [-0.05, 0) is 30.3 Å². The first-order chi connectivity index (χ1) is 11.4. The summed E-state index contributed by atoms with van der Waals surface area (Å²) in [5.41, 5.74) is 2.17. The van der Waals surface area contributed by atoms with Crippen LogP contribution in [-0.2, 0) is 10.0 Å². The van der Waals surface area contributed by atoms with Crippen molar-refractivity contribution in [3.63, 3.8) is 0 Å². The Labute approximate surface area is 139 Å². The van der Waals surface area contributed by atoms with Crippen LogP contribution in [0.5, 0.6) is 17.2 Å². The van der Waals surface area contributed by atoms with Crippen molar-refractivity contribution >= 4 is 15.9 Å². The molecule has 0 saturated carbocycles. The average Bonchev–Trinajstić information content (AvgIpc) is 2.59. The summed E-state index contributed by atoms with van der Waals surface area (Å²) in [7, 11) is -1.20. The van der Waals surface area contributed by atoms with Crippen LogP contribution in [0.25, 0.3) is 0 Å². The molecule has 0 spiro atoms. The maximum absolute atomic E-state index is 12.2. The molecule has 0 aliphatic carbocycles. The maximum atomic E-state index is 12.2. The summed E-state index contributed by atoms with van der Waals surface area (Å²) in [4.78, 5) is 13.8. The molecule has 8 nitrogen and oxygen atoms in total. The van der Waals surface area contributed by atoms with Crippen LogP contribution >= 0.6 is 0 Å². The summed E-state index contributed by atoms with van der Waals surface area (Å²) in [6.45, 7) is 0. The molecule has 1 amide bonds. The number of benzene rings is 2. The molecule has 0 aliphatic rings. The second-order valence-corrected chi connectivity index (χ2v) is 6.31. The molecule has 0 radical (unpaired) electrons. The molecule has 0 aromatic heterocycles. The summed E-state index contributed by atoms with van der Waals surface area (Å²) in [6, 6.07) is 9.51. The first kappa shape index (κ1) is 17.6. The van der Waals surface area contributed by atoms with Crippen molar-refractivity contribution in [1.29, 1.82) is 0 Å². The quantitative estimate of drug-likeness (QED) is 0.669. The highest BCUT2D eigenvalue weighted by Crippen LogP contribution is 2.29. The summed E-state index contributed by atoms with van der Waals surface area (Å²) in [5, 5.41) is 9.33. The normalized spacial score (nSPS) is 10.9. The van der Waals surface area contributed by atoms with E-state index in [9.17, 15) is 18.3 Å². The third kappa shape index (κ3) is 3.94. The average molecular weight is 352 g/mol. The molecule has 2 rings (SSSR count). The van der Waals surface area contributed by atoms with Gasteiger partial charge in [-0.1, -0.05) is 6.07 Å². The van der Waals surface area contributed by atoms with E-state index in [1.54, 1.807) is 0 Å². The number of aromatic hydroxyl groups is 1. The Kier molecular flexibility index (Phi) is 5.27. The Morgan fingerprint density at radius 3 is 2.38 bits per heavy atom. The monoisotopic (exact) mass is 352 g/mol. The number of hydrazine groups is 1. The first-order valence-electron chi connectivity index (χ1n) is 6.70. The molecular formula is C15H16N2O6S. The molecule has 0 unspecified atom stereocenters. The van der Waals surface area contributed by atoms with E-state index in [-0.39, 0.29) is 22.0 Å². The molecule has 0 saturated heterocycles. The summed E-state index contributed by atoms with van der Waals surface area (Å²) < 4.78 is 34.5. The van der Waals surface area contributed by atoms with Crippen LogP contribution < -0.4 is 19.7 Å². The zero-order valence-corrected chi connectivity index (χ0v) is 13.8. The highest BCUT2D eigenvalue weighted by molar-refractivity contribution is 7.89. The molecule has 0 aliphatic heterocycles. The van der Waals surface area contributed by atoms with Crippen molar-refractivity contribution in [2.24, 2.45) is 0 Å². The molecule has 9 heteroatoms. The molecule has 0 bridgehead atoms. The van der Waals surface area contributed by atoms with Gasteiger partial charge in [-0.15, -0.1) is 4.83 Å². The Bertz CT molecular complexity index is 851. The second-order valence-electron chi connectivity index (χ2n) is 4.63. The zero-order chi connectivity index (χ0) is 17.7. The van der Waals surface area contributed by atoms with Gasteiger partial charge >= 0.3 is 0 Å². The number of nitrogens with one attached hydrogen (secondary N) is 2. The number of phenols is 1. The topological polar surface area (TPSA) is 114 Å². The lowest BCUT2D eigenvalue weighted by atomic mass is 10.2. The number of amides is 1. The lowest BCUT2D eigenvalue weighted by Crippen LogP contribution is -2.41. The smallest absolute Gasteiger partial charge is 0.266 e. The minimum Gasteiger partial charge on any atom is -0.508 e. The van der Waals surface area contributed by atoms with Crippen LogP contribution in [0.1, 0.15) is 10.4 Å². The van der Waals surface area contributed by atoms with Crippen molar-refractivity contribution in [1.82, 2.24) is 10.3 Å². The number of rotatable bonds is 6. The highest BCUT2D eigenvalue weighted by Gasteiger charge is 2.18. The van der Waals surface area contributed by atoms with Gasteiger partial charge in [-0.3, -0.25) is 10.2 Å². The zero-order valence-electron chi connectivity index (χ0n) is 12.9. The Balaban J connectivity index is 2.15. The molecule has 2 aromatic rings. The predicted octanol–water partition coefficient (Wildman–Crippen LogP) is 1.03. The number of carbonyl (C=O) groups is 1. The van der Waals surface area contributed by atoms with Gasteiger partial charge in [0.25, 0.3) is 15.9 Å². The molecule has 128 valence electrons. The van der Waals surface area contributed by atoms with Crippen LogP contribution in [0.4, 0.5) is 0 Å². The third-order valence-corrected chi connectivity index (χ3v) is 4.32. The second kappa shape index (κ2) is 7.20. The lowest BCUT2D eigenvalue weighted by molar-refractivity contribution is 0.0944. The summed E-state index contributed by atoms with van der Waals surface area (Å²) >= 11 is 0. The van der Waals surface area contributed by atoms with E-state index in [4.69, 9.17) is 9.47 Å². The third-order valence-electron chi connectivity index (χ3n) is 3.07. The summed E-state index contributed by atoms with van der Waals surface area (Å²) in [5.74, 6) is -0.208. The number of hydrogen-bond acceptors (Lipinski definition) is 6. The minimum absolute atomic E-state index is 0.102. The Hall–Kier alpha value is -2.78.